The molecule has 0 radical (unpaired) electrons. The molecule has 0 aliphatic carbocycles. The summed E-state index contributed by atoms with van der Waals surface area (Å²) >= 11 is 0. The molecule has 1 aliphatic rings. The van der Waals surface area contributed by atoms with Crippen LogP contribution in [0.15, 0.2) is 0 Å². The van der Waals surface area contributed by atoms with E-state index in [1.165, 1.54) is 19.3 Å². The largest absolute Gasteiger partial charge is 0.378 e. The Bertz CT molecular complexity index is 97.7. The number of rotatable bonds is 3. The fourth-order valence-electron chi connectivity index (χ4n) is 1.48. The Kier molecular flexibility index (Phi) is 3.87. The van der Waals surface area contributed by atoms with E-state index < -0.39 is 0 Å². The van der Waals surface area contributed by atoms with Gasteiger partial charge >= 0.3 is 0 Å². The van der Waals surface area contributed by atoms with E-state index in [9.17, 15) is 0 Å². The van der Waals surface area contributed by atoms with Crippen LogP contribution in [0.4, 0.5) is 0 Å². The third-order valence-electron chi connectivity index (χ3n) is 2.22. The molecule has 2 nitrogen and oxygen atoms in total. The highest BCUT2D eigenvalue weighted by molar-refractivity contribution is 4.65. The summed E-state index contributed by atoms with van der Waals surface area (Å²) in [5.41, 5.74) is 5.65. The first kappa shape index (κ1) is 9.01. The van der Waals surface area contributed by atoms with Gasteiger partial charge < -0.3 is 10.5 Å². The van der Waals surface area contributed by atoms with Gasteiger partial charge in [-0.05, 0) is 39.0 Å². The van der Waals surface area contributed by atoms with Crippen molar-refractivity contribution < 1.29 is 4.74 Å². The van der Waals surface area contributed by atoms with Gasteiger partial charge in [0, 0.05) is 12.6 Å². The minimum absolute atomic E-state index is 0.334. The van der Waals surface area contributed by atoms with Crippen molar-refractivity contribution in [1.82, 2.24) is 0 Å². The molecule has 1 heterocycles. The van der Waals surface area contributed by atoms with Crippen molar-refractivity contribution in [3.63, 3.8) is 0 Å². The van der Waals surface area contributed by atoms with Gasteiger partial charge in [0.1, 0.15) is 0 Å². The van der Waals surface area contributed by atoms with E-state index in [4.69, 9.17) is 10.5 Å². The minimum atomic E-state index is 0.334. The van der Waals surface area contributed by atoms with Gasteiger partial charge in [0.2, 0.25) is 0 Å². The van der Waals surface area contributed by atoms with Gasteiger partial charge in [-0.3, -0.25) is 0 Å². The van der Waals surface area contributed by atoms with E-state index in [1.807, 2.05) is 0 Å². The number of hydrogen-bond donors (Lipinski definition) is 1. The monoisotopic (exact) mass is 157 g/mol. The molecule has 1 saturated heterocycles. The van der Waals surface area contributed by atoms with Crippen LogP contribution in [0.3, 0.4) is 0 Å². The van der Waals surface area contributed by atoms with Crippen molar-refractivity contribution in [2.45, 2.75) is 51.2 Å². The van der Waals surface area contributed by atoms with Crippen LogP contribution in [-0.4, -0.2) is 18.8 Å². The highest BCUT2D eigenvalue weighted by Crippen LogP contribution is 2.17. The molecule has 0 spiro atoms. The van der Waals surface area contributed by atoms with Crippen LogP contribution in [0.5, 0.6) is 0 Å². The molecule has 2 atom stereocenters. The third-order valence-corrected chi connectivity index (χ3v) is 2.22. The van der Waals surface area contributed by atoms with Crippen molar-refractivity contribution in [3.8, 4) is 0 Å². The van der Waals surface area contributed by atoms with E-state index in [0.29, 0.717) is 12.1 Å². The van der Waals surface area contributed by atoms with Gasteiger partial charge in [-0.2, -0.15) is 0 Å². The first-order chi connectivity index (χ1) is 5.29. The molecule has 0 aromatic carbocycles. The number of nitrogens with two attached hydrogens (primary N) is 1. The zero-order valence-corrected chi connectivity index (χ0v) is 7.38. The van der Waals surface area contributed by atoms with Crippen LogP contribution >= 0.6 is 0 Å². The lowest BCUT2D eigenvalue weighted by atomic mass is 10.0. The molecule has 0 amide bonds. The lowest BCUT2D eigenvalue weighted by Gasteiger charge is -2.22. The summed E-state index contributed by atoms with van der Waals surface area (Å²) in [6, 6.07) is 0.334. The zero-order chi connectivity index (χ0) is 8.10. The topological polar surface area (TPSA) is 35.2 Å². The average Bonchev–Trinajstić information content (AvgIpc) is 2.03. The van der Waals surface area contributed by atoms with E-state index >= 15 is 0 Å². The maximum Gasteiger partial charge on any atom is 0.0575 e. The molecule has 1 aliphatic heterocycles. The maximum atomic E-state index is 5.65. The number of hydrogen-bond acceptors (Lipinski definition) is 2. The summed E-state index contributed by atoms with van der Waals surface area (Å²) in [5.74, 6) is 0. The summed E-state index contributed by atoms with van der Waals surface area (Å²) in [6.07, 6.45) is 6.59. The molecule has 0 saturated carbocycles. The molecule has 0 bridgehead atoms. The van der Waals surface area contributed by atoms with E-state index in [0.717, 1.165) is 19.4 Å². The van der Waals surface area contributed by atoms with Crippen LogP contribution in [0.25, 0.3) is 0 Å². The van der Waals surface area contributed by atoms with Gasteiger partial charge in [0.05, 0.1) is 6.10 Å². The van der Waals surface area contributed by atoms with E-state index in [1.54, 1.807) is 0 Å². The average molecular weight is 157 g/mol. The summed E-state index contributed by atoms with van der Waals surface area (Å²) in [6.45, 7) is 3.02. The predicted octanol–water partition coefficient (Wildman–Crippen LogP) is 1.68. The van der Waals surface area contributed by atoms with Gasteiger partial charge in [-0.25, -0.2) is 0 Å². The summed E-state index contributed by atoms with van der Waals surface area (Å²) in [7, 11) is 0. The zero-order valence-electron chi connectivity index (χ0n) is 7.38. The Morgan fingerprint density at radius 3 is 2.91 bits per heavy atom. The Balaban J connectivity index is 2.05. The molecule has 1 unspecified atom stereocenters. The molecule has 0 aromatic rings. The molecule has 2 heteroatoms. The molecule has 66 valence electrons. The smallest absolute Gasteiger partial charge is 0.0575 e. The first-order valence-corrected chi connectivity index (χ1v) is 4.66. The third kappa shape index (κ3) is 3.73. The van der Waals surface area contributed by atoms with E-state index in [2.05, 4.69) is 6.92 Å². The van der Waals surface area contributed by atoms with Gasteiger partial charge in [-0.15, -0.1) is 0 Å². The lowest BCUT2D eigenvalue weighted by Crippen LogP contribution is -2.23. The molecule has 11 heavy (non-hydrogen) atoms. The Morgan fingerprint density at radius 1 is 1.55 bits per heavy atom. The standard InChI is InChI=1S/C9H19NO/c1-8(10)5-6-9-4-2-3-7-11-9/h8-9H,2-7,10H2,1H3/t8-,9?/m1/s1. The van der Waals surface area contributed by atoms with Gasteiger partial charge in [-0.1, -0.05) is 0 Å². The summed E-state index contributed by atoms with van der Waals surface area (Å²) in [5, 5.41) is 0. The molecular weight excluding hydrogens is 138 g/mol. The fraction of sp³-hybridized carbons (Fsp3) is 1.00. The van der Waals surface area contributed by atoms with Crippen LogP contribution < -0.4 is 5.73 Å². The highest BCUT2D eigenvalue weighted by Gasteiger charge is 2.13. The van der Waals surface area contributed by atoms with Crippen molar-refractivity contribution in [1.29, 1.82) is 0 Å². The SMILES string of the molecule is C[C@@H](N)CCC1CCCCO1. The Labute approximate surface area is 69.1 Å². The van der Waals surface area contributed by atoms with E-state index in [-0.39, 0.29) is 0 Å². The molecule has 2 N–H and O–H groups in total. The van der Waals surface area contributed by atoms with Gasteiger partial charge in [0.15, 0.2) is 0 Å². The maximum absolute atomic E-state index is 5.65. The molecular formula is C9H19NO. The molecule has 0 aromatic heterocycles. The van der Waals surface area contributed by atoms with Crippen molar-refractivity contribution in [2.75, 3.05) is 6.61 Å². The normalized spacial score (nSPS) is 28.4. The second-order valence-electron chi connectivity index (χ2n) is 3.54. The number of ether oxygens (including phenoxy) is 1. The predicted molar refractivity (Wildman–Crippen MR) is 46.5 cm³/mol. The minimum Gasteiger partial charge on any atom is -0.378 e. The van der Waals surface area contributed by atoms with Crippen molar-refractivity contribution in [2.24, 2.45) is 5.73 Å². The van der Waals surface area contributed by atoms with Crippen LogP contribution in [0.2, 0.25) is 0 Å². The summed E-state index contributed by atoms with van der Waals surface area (Å²) < 4.78 is 5.57. The fourth-order valence-corrected chi connectivity index (χ4v) is 1.48. The Morgan fingerprint density at radius 2 is 2.36 bits per heavy atom. The summed E-state index contributed by atoms with van der Waals surface area (Å²) in [4.78, 5) is 0. The first-order valence-electron chi connectivity index (χ1n) is 4.66. The second kappa shape index (κ2) is 4.73. The van der Waals surface area contributed by atoms with Gasteiger partial charge in [0.25, 0.3) is 0 Å². The molecule has 1 rings (SSSR count). The van der Waals surface area contributed by atoms with Crippen LogP contribution in [0.1, 0.15) is 39.0 Å². The van der Waals surface area contributed by atoms with Crippen molar-refractivity contribution >= 4 is 0 Å². The van der Waals surface area contributed by atoms with Crippen LogP contribution in [0, 0.1) is 0 Å². The molecule has 1 fully saturated rings. The van der Waals surface area contributed by atoms with Crippen molar-refractivity contribution in [3.05, 3.63) is 0 Å². The quantitative estimate of drug-likeness (QED) is 0.676. The highest BCUT2D eigenvalue weighted by atomic mass is 16.5. The van der Waals surface area contributed by atoms with Crippen LogP contribution in [-0.2, 0) is 4.74 Å². The second-order valence-corrected chi connectivity index (χ2v) is 3.54. The lowest BCUT2D eigenvalue weighted by molar-refractivity contribution is 0.00938. The Hall–Kier alpha value is -0.0800.